The standard InChI is InChI=1S/C18H19BrN4O3/c1-12-4-2-6-17(20-12)21-18(24)13-5-3-9-22(11-13)16-8-7-14(23(25)26)10-15(16)19/h2,4,6-8,10,13H,3,5,9,11H2,1H3,(H,20,21,24). The number of piperidine rings is 1. The second-order valence-electron chi connectivity index (χ2n) is 6.33. The number of hydrogen-bond donors (Lipinski definition) is 1. The molecule has 1 aromatic heterocycles. The summed E-state index contributed by atoms with van der Waals surface area (Å²) in [6.07, 6.45) is 1.68. The Labute approximate surface area is 159 Å². The van der Waals surface area contributed by atoms with Crippen molar-refractivity contribution < 1.29 is 9.72 Å². The number of benzene rings is 1. The van der Waals surface area contributed by atoms with Gasteiger partial charge in [-0.1, -0.05) is 6.07 Å². The van der Waals surface area contributed by atoms with E-state index in [4.69, 9.17) is 0 Å². The van der Waals surface area contributed by atoms with Crippen molar-refractivity contribution in [3.8, 4) is 0 Å². The van der Waals surface area contributed by atoms with E-state index in [0.29, 0.717) is 16.8 Å². The molecule has 2 heterocycles. The van der Waals surface area contributed by atoms with E-state index >= 15 is 0 Å². The largest absolute Gasteiger partial charge is 0.370 e. The summed E-state index contributed by atoms with van der Waals surface area (Å²) in [7, 11) is 0. The summed E-state index contributed by atoms with van der Waals surface area (Å²) in [5.74, 6) is 0.350. The van der Waals surface area contributed by atoms with Gasteiger partial charge >= 0.3 is 0 Å². The van der Waals surface area contributed by atoms with E-state index < -0.39 is 4.92 Å². The Hall–Kier alpha value is -2.48. The summed E-state index contributed by atoms with van der Waals surface area (Å²) >= 11 is 3.41. The van der Waals surface area contributed by atoms with E-state index in [2.05, 4.69) is 31.1 Å². The van der Waals surface area contributed by atoms with Gasteiger partial charge < -0.3 is 10.2 Å². The van der Waals surface area contributed by atoms with Gasteiger partial charge in [-0.2, -0.15) is 0 Å². The van der Waals surface area contributed by atoms with E-state index in [1.165, 1.54) is 12.1 Å². The van der Waals surface area contributed by atoms with Crippen LogP contribution in [0.25, 0.3) is 0 Å². The zero-order valence-electron chi connectivity index (χ0n) is 14.3. The SMILES string of the molecule is Cc1cccc(NC(=O)C2CCCN(c3ccc([N+](=O)[O-])cc3Br)C2)n1. The summed E-state index contributed by atoms with van der Waals surface area (Å²) < 4.78 is 0.660. The van der Waals surface area contributed by atoms with Crippen LogP contribution < -0.4 is 10.2 Å². The van der Waals surface area contributed by atoms with E-state index in [1.807, 2.05) is 19.1 Å². The Kier molecular flexibility index (Phi) is 5.51. The molecule has 136 valence electrons. The van der Waals surface area contributed by atoms with Gasteiger partial charge in [0, 0.05) is 35.4 Å². The molecular formula is C18H19BrN4O3. The first-order chi connectivity index (χ1) is 12.4. The summed E-state index contributed by atoms with van der Waals surface area (Å²) in [5, 5.41) is 13.8. The first kappa shape index (κ1) is 18.3. The molecule has 1 aliphatic heterocycles. The molecule has 1 saturated heterocycles. The molecule has 0 aliphatic carbocycles. The molecule has 1 N–H and O–H groups in total. The molecule has 1 aliphatic rings. The van der Waals surface area contributed by atoms with E-state index in [0.717, 1.165) is 30.8 Å². The van der Waals surface area contributed by atoms with Gasteiger partial charge in [0.25, 0.3) is 5.69 Å². The highest BCUT2D eigenvalue weighted by atomic mass is 79.9. The Morgan fingerprint density at radius 1 is 1.38 bits per heavy atom. The van der Waals surface area contributed by atoms with Crippen molar-refractivity contribution in [1.29, 1.82) is 0 Å². The van der Waals surface area contributed by atoms with Crippen LogP contribution in [0, 0.1) is 23.0 Å². The smallest absolute Gasteiger partial charge is 0.270 e. The highest BCUT2D eigenvalue weighted by Gasteiger charge is 2.27. The van der Waals surface area contributed by atoms with Gasteiger partial charge in [0.05, 0.1) is 16.5 Å². The summed E-state index contributed by atoms with van der Waals surface area (Å²) in [6.45, 7) is 3.25. The van der Waals surface area contributed by atoms with Crippen LogP contribution >= 0.6 is 15.9 Å². The quantitative estimate of drug-likeness (QED) is 0.600. The van der Waals surface area contributed by atoms with Crippen LogP contribution in [-0.2, 0) is 4.79 Å². The molecule has 2 aromatic rings. The number of anilines is 2. The highest BCUT2D eigenvalue weighted by Crippen LogP contribution is 2.33. The summed E-state index contributed by atoms with van der Waals surface area (Å²) in [4.78, 5) is 29.5. The maximum Gasteiger partial charge on any atom is 0.270 e. The number of pyridine rings is 1. The number of nitro benzene ring substituents is 1. The lowest BCUT2D eigenvalue weighted by Gasteiger charge is -2.34. The minimum Gasteiger partial charge on any atom is -0.370 e. The number of hydrogen-bond acceptors (Lipinski definition) is 5. The first-order valence-corrected chi connectivity index (χ1v) is 9.17. The minimum absolute atomic E-state index is 0.0393. The van der Waals surface area contributed by atoms with E-state index in [9.17, 15) is 14.9 Å². The molecule has 1 amide bonds. The van der Waals surface area contributed by atoms with Crippen LogP contribution in [0.1, 0.15) is 18.5 Å². The topological polar surface area (TPSA) is 88.4 Å². The van der Waals surface area contributed by atoms with Gasteiger partial charge in [-0.3, -0.25) is 14.9 Å². The normalized spacial score (nSPS) is 17.0. The molecule has 0 radical (unpaired) electrons. The van der Waals surface area contributed by atoms with Gasteiger partial charge in [-0.05, 0) is 53.9 Å². The summed E-state index contributed by atoms with van der Waals surface area (Å²) in [6, 6.07) is 10.2. The lowest BCUT2D eigenvalue weighted by molar-refractivity contribution is -0.384. The van der Waals surface area contributed by atoms with Crippen molar-refractivity contribution in [3.05, 3.63) is 56.7 Å². The Morgan fingerprint density at radius 3 is 2.88 bits per heavy atom. The zero-order chi connectivity index (χ0) is 18.7. The van der Waals surface area contributed by atoms with Crippen molar-refractivity contribution in [1.82, 2.24) is 4.98 Å². The van der Waals surface area contributed by atoms with Crippen LogP contribution in [0.15, 0.2) is 40.9 Å². The number of amides is 1. The number of carbonyl (C=O) groups excluding carboxylic acids is 1. The number of nitrogens with one attached hydrogen (secondary N) is 1. The lowest BCUT2D eigenvalue weighted by Crippen LogP contribution is -2.41. The van der Waals surface area contributed by atoms with Crippen LogP contribution in [0.5, 0.6) is 0 Å². The molecule has 8 heteroatoms. The maximum atomic E-state index is 12.6. The van der Waals surface area contributed by atoms with Crippen molar-refractivity contribution in [2.75, 3.05) is 23.3 Å². The van der Waals surface area contributed by atoms with Crippen LogP contribution in [0.2, 0.25) is 0 Å². The van der Waals surface area contributed by atoms with Gasteiger partial charge in [-0.25, -0.2) is 4.98 Å². The third-order valence-electron chi connectivity index (χ3n) is 4.41. The number of aromatic nitrogens is 1. The molecule has 0 bridgehead atoms. The third kappa shape index (κ3) is 4.19. The molecular weight excluding hydrogens is 400 g/mol. The number of nitro groups is 1. The molecule has 1 atom stereocenters. The Morgan fingerprint density at radius 2 is 2.19 bits per heavy atom. The fraction of sp³-hybridized carbons (Fsp3) is 0.333. The minimum atomic E-state index is -0.421. The molecule has 0 spiro atoms. The monoisotopic (exact) mass is 418 g/mol. The average Bonchev–Trinajstić information content (AvgIpc) is 2.61. The highest BCUT2D eigenvalue weighted by molar-refractivity contribution is 9.10. The van der Waals surface area contributed by atoms with Crippen molar-refractivity contribution in [2.24, 2.45) is 5.92 Å². The number of nitrogens with zero attached hydrogens (tertiary/aromatic N) is 3. The molecule has 1 fully saturated rings. The number of rotatable bonds is 4. The molecule has 3 rings (SSSR count). The average molecular weight is 419 g/mol. The van der Waals surface area contributed by atoms with Crippen molar-refractivity contribution in [2.45, 2.75) is 19.8 Å². The van der Waals surface area contributed by atoms with E-state index in [1.54, 1.807) is 12.1 Å². The van der Waals surface area contributed by atoms with Crippen LogP contribution in [0.4, 0.5) is 17.2 Å². The fourth-order valence-corrected chi connectivity index (χ4v) is 3.73. The number of halogens is 1. The van der Waals surface area contributed by atoms with Crippen molar-refractivity contribution >= 4 is 39.0 Å². The predicted molar refractivity (Wildman–Crippen MR) is 103 cm³/mol. The van der Waals surface area contributed by atoms with Gasteiger partial charge in [-0.15, -0.1) is 0 Å². The lowest BCUT2D eigenvalue weighted by atomic mass is 9.96. The predicted octanol–water partition coefficient (Wildman–Crippen LogP) is 3.92. The Bertz CT molecular complexity index is 843. The zero-order valence-corrected chi connectivity index (χ0v) is 15.9. The maximum absolute atomic E-state index is 12.6. The third-order valence-corrected chi connectivity index (χ3v) is 5.05. The number of non-ortho nitro benzene ring substituents is 1. The summed E-state index contributed by atoms with van der Waals surface area (Å²) in [5.41, 5.74) is 1.75. The Balaban J connectivity index is 1.71. The number of carbonyl (C=O) groups is 1. The number of aryl methyl sites for hydroxylation is 1. The van der Waals surface area contributed by atoms with Crippen LogP contribution in [-0.4, -0.2) is 28.9 Å². The van der Waals surface area contributed by atoms with Crippen LogP contribution in [0.3, 0.4) is 0 Å². The molecule has 0 saturated carbocycles. The molecule has 1 unspecified atom stereocenters. The van der Waals surface area contributed by atoms with Crippen molar-refractivity contribution in [3.63, 3.8) is 0 Å². The van der Waals surface area contributed by atoms with E-state index in [-0.39, 0.29) is 17.5 Å². The molecule has 1 aromatic carbocycles. The second-order valence-corrected chi connectivity index (χ2v) is 7.19. The molecule has 7 nitrogen and oxygen atoms in total. The molecule has 26 heavy (non-hydrogen) atoms. The van der Waals surface area contributed by atoms with Gasteiger partial charge in [0.2, 0.25) is 5.91 Å². The fourth-order valence-electron chi connectivity index (χ4n) is 3.12. The van der Waals surface area contributed by atoms with Gasteiger partial charge in [0.1, 0.15) is 5.82 Å². The second kappa shape index (κ2) is 7.82. The van der Waals surface area contributed by atoms with Gasteiger partial charge in [0.15, 0.2) is 0 Å². The first-order valence-electron chi connectivity index (χ1n) is 8.37.